The topological polar surface area (TPSA) is 92.7 Å². The largest absolute Gasteiger partial charge is 0.469 e. The molecule has 1 rings (SSSR count). The zero-order valence-corrected chi connectivity index (χ0v) is 11.4. The maximum absolute atomic E-state index is 11.8. The second-order valence-corrected chi connectivity index (χ2v) is 5.78. The number of hydrogen-bond acceptors (Lipinski definition) is 5. The average molecular weight is 287 g/mol. The van der Waals surface area contributed by atoms with Gasteiger partial charge in [0.25, 0.3) is 0 Å². The van der Waals surface area contributed by atoms with Crippen LogP contribution in [0.2, 0.25) is 0 Å². The van der Waals surface area contributed by atoms with Crippen molar-refractivity contribution in [2.45, 2.75) is 12.5 Å². The van der Waals surface area contributed by atoms with E-state index in [-0.39, 0.29) is 18.8 Å². The van der Waals surface area contributed by atoms with Gasteiger partial charge >= 0.3 is 5.97 Å². The molecule has 0 aliphatic carbocycles. The van der Waals surface area contributed by atoms with Crippen molar-refractivity contribution in [3.63, 3.8) is 0 Å². The fourth-order valence-electron chi connectivity index (χ4n) is 1.49. The molecule has 0 heterocycles. The number of carbonyl (C=O) groups excluding carboxylic acids is 1. The first-order chi connectivity index (χ1) is 8.98. The Morgan fingerprint density at radius 2 is 2.00 bits per heavy atom. The number of carbonyl (C=O) groups is 1. The molecule has 6 nitrogen and oxygen atoms in total. The number of ether oxygens (including phenoxy) is 1. The Morgan fingerprint density at radius 1 is 1.37 bits per heavy atom. The van der Waals surface area contributed by atoms with Crippen molar-refractivity contribution in [3.05, 3.63) is 35.9 Å². The quantitative estimate of drug-likeness (QED) is 0.699. The van der Waals surface area contributed by atoms with Crippen molar-refractivity contribution in [1.29, 1.82) is 0 Å². The Hall–Kier alpha value is -1.44. The van der Waals surface area contributed by atoms with Crippen LogP contribution in [0.25, 0.3) is 0 Å². The van der Waals surface area contributed by atoms with Gasteiger partial charge in [0.2, 0.25) is 10.0 Å². The molecule has 0 spiro atoms. The zero-order chi connectivity index (χ0) is 14.3. The van der Waals surface area contributed by atoms with E-state index in [0.717, 1.165) is 0 Å². The van der Waals surface area contributed by atoms with Crippen LogP contribution in [0, 0.1) is 0 Å². The molecule has 1 aromatic carbocycles. The highest BCUT2D eigenvalue weighted by atomic mass is 32.2. The molecule has 0 saturated heterocycles. The van der Waals surface area contributed by atoms with E-state index in [1.165, 1.54) is 7.11 Å². The van der Waals surface area contributed by atoms with Crippen LogP contribution in [0.5, 0.6) is 0 Å². The number of hydrogen-bond donors (Lipinski definition) is 2. The lowest BCUT2D eigenvalue weighted by Crippen LogP contribution is -2.33. The van der Waals surface area contributed by atoms with E-state index in [0.29, 0.717) is 5.56 Å². The Balaban J connectivity index is 2.67. The molecule has 0 fully saturated rings. The molecule has 1 aromatic rings. The summed E-state index contributed by atoms with van der Waals surface area (Å²) in [7, 11) is -2.46. The summed E-state index contributed by atoms with van der Waals surface area (Å²) in [6.45, 7) is -0.360. The lowest BCUT2D eigenvalue weighted by molar-refractivity contribution is -0.140. The second kappa shape index (κ2) is 7.22. The van der Waals surface area contributed by atoms with Gasteiger partial charge in [-0.05, 0) is 5.56 Å². The second-order valence-electron chi connectivity index (χ2n) is 3.91. The van der Waals surface area contributed by atoms with Gasteiger partial charge in [0.05, 0.1) is 31.9 Å². The molecule has 1 atom stereocenters. The molecule has 0 aliphatic heterocycles. The van der Waals surface area contributed by atoms with Gasteiger partial charge in [0.1, 0.15) is 0 Å². The normalized spacial score (nSPS) is 12.9. The Morgan fingerprint density at radius 3 is 2.53 bits per heavy atom. The summed E-state index contributed by atoms with van der Waals surface area (Å²) in [6, 6.07) is 8.00. The smallest absolute Gasteiger partial charge is 0.306 e. The predicted molar refractivity (Wildman–Crippen MR) is 69.8 cm³/mol. The van der Waals surface area contributed by atoms with Crippen LogP contribution < -0.4 is 4.72 Å². The number of methoxy groups -OCH3 is 1. The van der Waals surface area contributed by atoms with Crippen LogP contribution in [0.4, 0.5) is 0 Å². The van der Waals surface area contributed by atoms with Gasteiger partial charge in [-0.15, -0.1) is 0 Å². The molecule has 0 saturated carbocycles. The van der Waals surface area contributed by atoms with E-state index in [1.807, 2.05) is 0 Å². The summed E-state index contributed by atoms with van der Waals surface area (Å²) >= 11 is 0. The van der Waals surface area contributed by atoms with Gasteiger partial charge in [-0.25, -0.2) is 13.1 Å². The van der Waals surface area contributed by atoms with Crippen molar-refractivity contribution in [2.75, 3.05) is 19.5 Å². The van der Waals surface area contributed by atoms with Crippen LogP contribution in [-0.4, -0.2) is 39.0 Å². The van der Waals surface area contributed by atoms with E-state index in [4.69, 9.17) is 0 Å². The minimum absolute atomic E-state index is 0.223. The number of rotatable bonds is 7. The molecular formula is C12H17NO5S. The first-order valence-electron chi connectivity index (χ1n) is 5.71. The number of sulfonamides is 1. The number of benzene rings is 1. The molecule has 106 valence electrons. The third kappa shape index (κ3) is 5.37. The number of esters is 1. The number of aliphatic hydroxyl groups is 1. The highest BCUT2D eigenvalue weighted by Crippen LogP contribution is 2.13. The molecule has 0 radical (unpaired) electrons. The minimum atomic E-state index is -3.66. The molecular weight excluding hydrogens is 270 g/mol. The first-order valence-corrected chi connectivity index (χ1v) is 7.36. The lowest BCUT2D eigenvalue weighted by atomic mass is 10.1. The van der Waals surface area contributed by atoms with Crippen LogP contribution in [0.15, 0.2) is 30.3 Å². The lowest BCUT2D eigenvalue weighted by Gasteiger charge is -2.16. The molecule has 0 aromatic heterocycles. The van der Waals surface area contributed by atoms with Crippen LogP contribution in [0.3, 0.4) is 0 Å². The van der Waals surface area contributed by atoms with Crippen molar-refractivity contribution in [1.82, 2.24) is 4.72 Å². The SMILES string of the molecule is COC(=O)CCS(=O)(=O)NC(CO)c1ccccc1. The molecule has 2 N–H and O–H groups in total. The fraction of sp³-hybridized carbons (Fsp3) is 0.417. The Labute approximate surface area is 112 Å². The van der Waals surface area contributed by atoms with Gasteiger partial charge in [-0.2, -0.15) is 0 Å². The minimum Gasteiger partial charge on any atom is -0.469 e. The average Bonchev–Trinajstić information content (AvgIpc) is 2.43. The first kappa shape index (κ1) is 15.6. The molecule has 19 heavy (non-hydrogen) atoms. The summed E-state index contributed by atoms with van der Waals surface area (Å²) in [5.74, 6) is -0.964. The fourth-order valence-corrected chi connectivity index (χ4v) is 2.69. The highest BCUT2D eigenvalue weighted by molar-refractivity contribution is 7.89. The van der Waals surface area contributed by atoms with Gasteiger partial charge < -0.3 is 9.84 Å². The summed E-state index contributed by atoms with van der Waals surface area (Å²) < 4.78 is 30.3. The molecule has 0 bridgehead atoms. The predicted octanol–water partition coefficient (Wildman–Crippen LogP) is 0.203. The maximum atomic E-state index is 11.8. The molecule has 7 heteroatoms. The maximum Gasteiger partial charge on any atom is 0.306 e. The molecule has 0 amide bonds. The van der Waals surface area contributed by atoms with E-state index in [2.05, 4.69) is 9.46 Å². The third-order valence-corrected chi connectivity index (χ3v) is 3.89. The highest BCUT2D eigenvalue weighted by Gasteiger charge is 2.19. The summed E-state index contributed by atoms with van der Waals surface area (Å²) in [4.78, 5) is 10.9. The van der Waals surface area contributed by atoms with E-state index >= 15 is 0 Å². The summed E-state index contributed by atoms with van der Waals surface area (Å²) in [6.07, 6.45) is -0.223. The third-order valence-electron chi connectivity index (χ3n) is 2.51. The standard InChI is InChI=1S/C12H17NO5S/c1-18-12(15)7-8-19(16,17)13-11(9-14)10-5-3-2-4-6-10/h2-6,11,13-14H,7-9H2,1H3. The summed E-state index contributed by atoms with van der Waals surface area (Å²) in [5.41, 5.74) is 0.659. The van der Waals surface area contributed by atoms with Gasteiger partial charge in [-0.3, -0.25) is 4.79 Å². The Bertz CT molecular complexity index is 500. The van der Waals surface area contributed by atoms with E-state index < -0.39 is 22.0 Å². The molecule has 0 aliphatic rings. The van der Waals surface area contributed by atoms with Crippen molar-refractivity contribution < 1.29 is 23.1 Å². The van der Waals surface area contributed by atoms with Crippen LogP contribution in [0.1, 0.15) is 18.0 Å². The van der Waals surface area contributed by atoms with E-state index in [9.17, 15) is 18.3 Å². The van der Waals surface area contributed by atoms with E-state index in [1.54, 1.807) is 30.3 Å². The Kier molecular flexibility index (Phi) is 5.94. The zero-order valence-electron chi connectivity index (χ0n) is 10.6. The summed E-state index contributed by atoms with van der Waals surface area (Å²) in [5, 5.41) is 9.25. The number of aliphatic hydroxyl groups excluding tert-OH is 1. The van der Waals surface area contributed by atoms with Crippen LogP contribution >= 0.6 is 0 Å². The van der Waals surface area contributed by atoms with Gasteiger partial charge in [0.15, 0.2) is 0 Å². The van der Waals surface area contributed by atoms with Crippen molar-refractivity contribution in [2.24, 2.45) is 0 Å². The van der Waals surface area contributed by atoms with Gasteiger partial charge in [0, 0.05) is 0 Å². The molecule has 1 unspecified atom stereocenters. The van der Waals surface area contributed by atoms with Crippen molar-refractivity contribution >= 4 is 16.0 Å². The van der Waals surface area contributed by atoms with Crippen LogP contribution in [-0.2, 0) is 19.6 Å². The van der Waals surface area contributed by atoms with Crippen molar-refractivity contribution in [3.8, 4) is 0 Å². The number of nitrogens with one attached hydrogen (secondary N) is 1. The monoisotopic (exact) mass is 287 g/mol. The van der Waals surface area contributed by atoms with Gasteiger partial charge in [-0.1, -0.05) is 30.3 Å².